The highest BCUT2D eigenvalue weighted by Gasteiger charge is 2.50. The third-order valence-electron chi connectivity index (χ3n) is 9.22. The van der Waals surface area contributed by atoms with Gasteiger partial charge in [-0.3, -0.25) is 0 Å². The first-order valence-corrected chi connectivity index (χ1v) is 18.7. The van der Waals surface area contributed by atoms with Crippen molar-refractivity contribution in [3.63, 3.8) is 0 Å². The van der Waals surface area contributed by atoms with Crippen molar-refractivity contribution in [2.45, 2.75) is 83.8 Å². The Morgan fingerprint density at radius 1 is 0.955 bits per heavy atom. The maximum Gasteiger partial charge on any atom is 0.261 e. The van der Waals surface area contributed by atoms with E-state index in [-0.39, 0.29) is 23.2 Å². The molecule has 5 nitrogen and oxygen atoms in total. The molecule has 0 spiro atoms. The molecule has 0 N–H and O–H groups in total. The predicted molar refractivity (Wildman–Crippen MR) is 191 cm³/mol. The number of benzene rings is 3. The van der Waals surface area contributed by atoms with Crippen LogP contribution in [0.25, 0.3) is 0 Å². The van der Waals surface area contributed by atoms with E-state index in [1.54, 1.807) is 14.2 Å². The molecule has 3 aromatic rings. The Bertz CT molecular complexity index is 1330. The first kappa shape index (κ1) is 34.7. The lowest BCUT2D eigenvalue weighted by Gasteiger charge is -2.48. The second kappa shape index (κ2) is 14.9. The van der Waals surface area contributed by atoms with E-state index in [0.717, 1.165) is 18.4 Å². The van der Waals surface area contributed by atoms with Crippen LogP contribution in [0, 0.1) is 5.92 Å². The Morgan fingerprint density at radius 2 is 1.55 bits per heavy atom. The van der Waals surface area contributed by atoms with Gasteiger partial charge in [-0.2, -0.15) is 0 Å². The van der Waals surface area contributed by atoms with Gasteiger partial charge in [0.1, 0.15) is 0 Å². The highest BCUT2D eigenvalue weighted by Crippen LogP contribution is 2.42. The fraction of sp³-hybridized carbons (Fsp3) is 0.459. The van der Waals surface area contributed by atoms with Crippen molar-refractivity contribution >= 4 is 41.3 Å². The van der Waals surface area contributed by atoms with Crippen molar-refractivity contribution < 1.29 is 23.4 Å². The second-order valence-corrected chi connectivity index (χ2v) is 18.0. The summed E-state index contributed by atoms with van der Waals surface area (Å²) in [5, 5.41) is 2.51. The van der Waals surface area contributed by atoms with Gasteiger partial charge in [0.2, 0.25) is 0 Å². The third kappa shape index (κ3) is 7.44. The van der Waals surface area contributed by atoms with E-state index >= 15 is 0 Å². The van der Waals surface area contributed by atoms with Crippen molar-refractivity contribution in [1.29, 1.82) is 0 Å². The lowest BCUT2D eigenvalue weighted by Crippen LogP contribution is -2.66. The Kier molecular flexibility index (Phi) is 11.8. The first-order chi connectivity index (χ1) is 21.0. The highest BCUT2D eigenvalue weighted by atomic mass is 127. The van der Waals surface area contributed by atoms with E-state index in [4.69, 9.17) is 23.4 Å². The summed E-state index contributed by atoms with van der Waals surface area (Å²) in [6, 6.07) is 27.6. The number of halogens is 1. The molecule has 0 amide bonds. The average Bonchev–Trinajstić information content (AvgIpc) is 3.03. The maximum atomic E-state index is 7.26. The van der Waals surface area contributed by atoms with Gasteiger partial charge in [-0.05, 0) is 63.0 Å². The summed E-state index contributed by atoms with van der Waals surface area (Å²) in [5.41, 5.74) is 1.84. The normalized spacial score (nSPS) is 22.9. The average molecular weight is 729 g/mol. The third-order valence-corrected chi connectivity index (χ3v) is 15.2. The quantitative estimate of drug-likeness (QED) is 0.140. The Balaban J connectivity index is 1.58. The molecular weight excluding hydrogens is 679 g/mol. The predicted octanol–water partition coefficient (Wildman–Crippen LogP) is 8.08. The molecule has 238 valence electrons. The summed E-state index contributed by atoms with van der Waals surface area (Å²) < 4.78 is 34.0. The van der Waals surface area contributed by atoms with Crippen molar-refractivity contribution in [2.24, 2.45) is 5.92 Å². The Morgan fingerprint density at radius 3 is 2.07 bits per heavy atom. The number of hydrogen-bond acceptors (Lipinski definition) is 5. The lowest BCUT2D eigenvalue weighted by molar-refractivity contribution is -0.184. The van der Waals surface area contributed by atoms with E-state index in [0.29, 0.717) is 24.7 Å². The molecule has 1 aliphatic rings. The molecule has 0 aromatic heterocycles. The SMILES string of the molecule is COc1ccc(CO[C@@H]2C[C@](C)(/C(C)=C/I)O[C@H](CCO[Si](c3ccccc3)(c3ccccc3)C(C)(C)C)[C@@H]2C)cc1OC. The van der Waals surface area contributed by atoms with E-state index in [2.05, 4.69) is 129 Å². The van der Waals surface area contributed by atoms with Gasteiger partial charge in [-0.25, -0.2) is 0 Å². The first-order valence-electron chi connectivity index (χ1n) is 15.5. The van der Waals surface area contributed by atoms with Gasteiger partial charge in [-0.1, -0.05) is 117 Å². The van der Waals surface area contributed by atoms with Gasteiger partial charge in [0.15, 0.2) is 11.5 Å². The van der Waals surface area contributed by atoms with Crippen LogP contribution in [0.1, 0.15) is 59.9 Å². The smallest absolute Gasteiger partial charge is 0.261 e. The molecule has 4 atom stereocenters. The van der Waals surface area contributed by atoms with Gasteiger partial charge in [0.25, 0.3) is 8.32 Å². The molecule has 0 saturated carbocycles. The van der Waals surface area contributed by atoms with E-state index in [1.165, 1.54) is 15.9 Å². The van der Waals surface area contributed by atoms with Crippen LogP contribution in [0.15, 0.2) is 88.5 Å². The standard InChI is InChI=1S/C37H49IO5Si/c1-27(25-38)37(6)24-35(41-26-29-19-20-33(39-7)34(23-29)40-8)28(2)32(43-37)21-22-42-44(36(3,4)5,30-15-11-9-12-16-30)31-17-13-10-14-18-31/h9-20,23,25,28,32,35H,21-22,24,26H2,1-8H3/b27-25+/t28-,32+,35+,37+/m0/s1. The maximum absolute atomic E-state index is 7.26. The highest BCUT2D eigenvalue weighted by molar-refractivity contribution is 14.1. The van der Waals surface area contributed by atoms with Gasteiger partial charge in [0.05, 0.1) is 38.6 Å². The number of rotatable bonds is 12. The summed E-state index contributed by atoms with van der Waals surface area (Å²) in [7, 11) is 0.677. The molecule has 1 heterocycles. The Labute approximate surface area is 279 Å². The van der Waals surface area contributed by atoms with Gasteiger partial charge in [0, 0.05) is 18.9 Å². The second-order valence-electron chi connectivity index (χ2n) is 13.1. The minimum absolute atomic E-state index is 0.0195. The largest absolute Gasteiger partial charge is 0.493 e. The summed E-state index contributed by atoms with van der Waals surface area (Å²) in [6.45, 7) is 14.7. The van der Waals surface area contributed by atoms with Crippen LogP contribution in [0.3, 0.4) is 0 Å². The molecule has 0 aliphatic carbocycles. The molecule has 0 bridgehead atoms. The van der Waals surface area contributed by atoms with Crippen molar-refractivity contribution in [3.8, 4) is 11.5 Å². The zero-order valence-electron chi connectivity index (χ0n) is 27.6. The van der Waals surface area contributed by atoms with Crippen LogP contribution in [0.5, 0.6) is 11.5 Å². The van der Waals surface area contributed by atoms with Gasteiger partial charge in [-0.15, -0.1) is 0 Å². The molecule has 0 unspecified atom stereocenters. The van der Waals surface area contributed by atoms with Gasteiger partial charge < -0.3 is 23.4 Å². The minimum Gasteiger partial charge on any atom is -0.493 e. The summed E-state index contributed by atoms with van der Waals surface area (Å²) in [4.78, 5) is 0. The molecule has 0 radical (unpaired) electrons. The van der Waals surface area contributed by atoms with Crippen LogP contribution >= 0.6 is 22.6 Å². The van der Waals surface area contributed by atoms with E-state index < -0.39 is 13.9 Å². The number of hydrogen-bond donors (Lipinski definition) is 0. The van der Waals surface area contributed by atoms with Crippen LogP contribution in [0.4, 0.5) is 0 Å². The molecule has 1 saturated heterocycles. The number of ether oxygens (including phenoxy) is 4. The molecular formula is C37H49IO5Si. The molecule has 1 fully saturated rings. The minimum atomic E-state index is -2.64. The topological polar surface area (TPSA) is 46.2 Å². The zero-order chi connectivity index (χ0) is 32.0. The summed E-state index contributed by atoms with van der Waals surface area (Å²) in [5.74, 6) is 1.61. The Hall–Kier alpha value is -2.17. The van der Waals surface area contributed by atoms with Crippen LogP contribution < -0.4 is 19.8 Å². The van der Waals surface area contributed by atoms with Crippen LogP contribution in [-0.2, 0) is 20.5 Å². The number of methoxy groups -OCH3 is 2. The van der Waals surface area contributed by atoms with E-state index in [9.17, 15) is 0 Å². The van der Waals surface area contributed by atoms with E-state index in [1.807, 2.05) is 18.2 Å². The monoisotopic (exact) mass is 728 g/mol. The molecule has 44 heavy (non-hydrogen) atoms. The summed E-state index contributed by atoms with van der Waals surface area (Å²) in [6.07, 6.45) is 1.57. The molecule has 1 aliphatic heterocycles. The van der Waals surface area contributed by atoms with Crippen molar-refractivity contribution in [3.05, 3.63) is 94.1 Å². The molecule has 3 aromatic carbocycles. The molecule has 4 rings (SSSR count). The summed E-state index contributed by atoms with van der Waals surface area (Å²) >= 11 is 2.32. The zero-order valence-corrected chi connectivity index (χ0v) is 30.7. The fourth-order valence-corrected chi connectivity index (χ4v) is 11.7. The van der Waals surface area contributed by atoms with Crippen LogP contribution in [-0.4, -0.2) is 47.0 Å². The van der Waals surface area contributed by atoms with Crippen LogP contribution in [0.2, 0.25) is 5.04 Å². The van der Waals surface area contributed by atoms with Crippen molar-refractivity contribution in [2.75, 3.05) is 20.8 Å². The fourth-order valence-electron chi connectivity index (χ4n) is 6.46. The van der Waals surface area contributed by atoms with Gasteiger partial charge >= 0.3 is 0 Å². The van der Waals surface area contributed by atoms with Crippen molar-refractivity contribution in [1.82, 2.24) is 0 Å². The lowest BCUT2D eigenvalue weighted by atomic mass is 9.80. The molecule has 7 heteroatoms.